The molecule has 1 saturated heterocycles. The second kappa shape index (κ2) is 8.92. The maximum absolute atomic E-state index is 12.6. The summed E-state index contributed by atoms with van der Waals surface area (Å²) in [6, 6.07) is 15.1. The predicted molar refractivity (Wildman–Crippen MR) is 130 cm³/mol. The van der Waals surface area contributed by atoms with Gasteiger partial charge in [0.25, 0.3) is 5.91 Å². The average molecular weight is 445 g/mol. The van der Waals surface area contributed by atoms with E-state index >= 15 is 0 Å². The molecule has 2 aromatic carbocycles. The first-order valence-corrected chi connectivity index (χ1v) is 11.6. The summed E-state index contributed by atoms with van der Waals surface area (Å²) in [7, 11) is 0. The molecule has 4 aromatic rings. The Morgan fingerprint density at radius 1 is 0.969 bits per heavy atom. The summed E-state index contributed by atoms with van der Waals surface area (Å²) in [5.74, 6) is 1.42. The molecule has 5 rings (SSSR count). The number of amides is 1. The Balaban J connectivity index is 1.26. The molecule has 0 atom stereocenters. The van der Waals surface area contributed by atoms with Crippen molar-refractivity contribution >= 4 is 50.6 Å². The smallest absolute Gasteiger partial charge is 0.255 e. The van der Waals surface area contributed by atoms with Gasteiger partial charge in [0, 0.05) is 41.8 Å². The molecule has 2 aromatic heterocycles. The van der Waals surface area contributed by atoms with Gasteiger partial charge in [0.1, 0.15) is 5.82 Å². The van der Waals surface area contributed by atoms with E-state index in [-0.39, 0.29) is 5.91 Å². The van der Waals surface area contributed by atoms with Crippen LogP contribution in [0.15, 0.2) is 54.0 Å². The quantitative estimate of drug-likeness (QED) is 0.430. The number of aryl methyl sites for hydroxylation is 1. The SMILES string of the molecule is Cc1cc(Nc2ccc(NC(=O)c3ccc4ncsc4c3)cc2)nc(N2CCCCC2)n1. The van der Waals surface area contributed by atoms with Crippen molar-refractivity contribution in [1.82, 2.24) is 15.0 Å². The van der Waals surface area contributed by atoms with Crippen LogP contribution in [0.1, 0.15) is 35.3 Å². The van der Waals surface area contributed by atoms with Crippen LogP contribution in [0.2, 0.25) is 0 Å². The van der Waals surface area contributed by atoms with Crippen LogP contribution in [0.25, 0.3) is 10.2 Å². The van der Waals surface area contributed by atoms with Gasteiger partial charge in [0.2, 0.25) is 5.95 Å². The fraction of sp³-hybridized carbons (Fsp3) is 0.250. The lowest BCUT2D eigenvalue weighted by molar-refractivity contribution is 0.102. The lowest BCUT2D eigenvalue weighted by Crippen LogP contribution is -2.31. The summed E-state index contributed by atoms with van der Waals surface area (Å²) < 4.78 is 1.00. The van der Waals surface area contributed by atoms with Crippen molar-refractivity contribution < 1.29 is 4.79 Å². The first-order valence-electron chi connectivity index (χ1n) is 10.8. The van der Waals surface area contributed by atoms with Crippen LogP contribution in [0.4, 0.5) is 23.1 Å². The van der Waals surface area contributed by atoms with Crippen LogP contribution in [-0.4, -0.2) is 33.9 Å². The molecule has 8 heteroatoms. The van der Waals surface area contributed by atoms with Gasteiger partial charge in [-0.2, -0.15) is 4.98 Å². The highest BCUT2D eigenvalue weighted by Crippen LogP contribution is 2.23. The molecular weight excluding hydrogens is 420 g/mol. The summed E-state index contributed by atoms with van der Waals surface area (Å²) in [4.78, 5) is 28.5. The highest BCUT2D eigenvalue weighted by atomic mass is 32.1. The fourth-order valence-corrected chi connectivity index (χ4v) is 4.55. The first-order chi connectivity index (χ1) is 15.6. The third-order valence-corrected chi connectivity index (χ3v) is 6.28. The van der Waals surface area contributed by atoms with Crippen LogP contribution in [0, 0.1) is 6.92 Å². The second-order valence-corrected chi connectivity index (χ2v) is 8.82. The number of rotatable bonds is 5. The van der Waals surface area contributed by atoms with Crippen LogP contribution < -0.4 is 15.5 Å². The minimum absolute atomic E-state index is 0.140. The Morgan fingerprint density at radius 2 is 1.75 bits per heavy atom. The molecule has 0 bridgehead atoms. The van der Waals surface area contributed by atoms with E-state index in [2.05, 4.69) is 25.5 Å². The molecule has 1 fully saturated rings. The van der Waals surface area contributed by atoms with Gasteiger partial charge < -0.3 is 15.5 Å². The predicted octanol–water partition coefficient (Wildman–Crippen LogP) is 5.38. The average Bonchev–Trinajstić information content (AvgIpc) is 3.28. The molecule has 7 nitrogen and oxygen atoms in total. The van der Waals surface area contributed by atoms with E-state index in [0.29, 0.717) is 5.56 Å². The molecular formula is C24H24N6OS. The topological polar surface area (TPSA) is 83.0 Å². The molecule has 1 aliphatic heterocycles. The van der Waals surface area contributed by atoms with Crippen molar-refractivity contribution in [1.29, 1.82) is 0 Å². The van der Waals surface area contributed by atoms with E-state index in [4.69, 9.17) is 4.98 Å². The Bertz CT molecular complexity index is 1250. The molecule has 32 heavy (non-hydrogen) atoms. The normalized spacial score (nSPS) is 13.8. The number of benzene rings is 2. The number of fused-ring (bicyclic) bond motifs is 1. The first kappa shape index (κ1) is 20.4. The molecule has 2 N–H and O–H groups in total. The molecule has 162 valence electrons. The minimum atomic E-state index is -0.140. The van der Waals surface area contributed by atoms with Crippen molar-refractivity contribution in [3.63, 3.8) is 0 Å². The van der Waals surface area contributed by atoms with Gasteiger partial charge in [-0.1, -0.05) is 0 Å². The lowest BCUT2D eigenvalue weighted by Gasteiger charge is -2.27. The van der Waals surface area contributed by atoms with Crippen LogP contribution in [0.5, 0.6) is 0 Å². The van der Waals surface area contributed by atoms with Gasteiger partial charge in [0.05, 0.1) is 15.7 Å². The highest BCUT2D eigenvalue weighted by Gasteiger charge is 2.15. The van der Waals surface area contributed by atoms with Gasteiger partial charge in [-0.25, -0.2) is 9.97 Å². The lowest BCUT2D eigenvalue weighted by atomic mass is 10.1. The van der Waals surface area contributed by atoms with E-state index in [9.17, 15) is 4.79 Å². The number of carbonyl (C=O) groups excluding carboxylic acids is 1. The molecule has 0 aliphatic carbocycles. The van der Waals surface area contributed by atoms with Crippen LogP contribution in [0.3, 0.4) is 0 Å². The molecule has 1 amide bonds. The molecule has 1 aliphatic rings. The number of hydrogen-bond donors (Lipinski definition) is 2. The zero-order chi connectivity index (χ0) is 21.9. The number of piperidine rings is 1. The second-order valence-electron chi connectivity index (χ2n) is 7.93. The monoisotopic (exact) mass is 444 g/mol. The van der Waals surface area contributed by atoms with Gasteiger partial charge in [0.15, 0.2) is 0 Å². The van der Waals surface area contributed by atoms with Crippen molar-refractivity contribution in [2.45, 2.75) is 26.2 Å². The van der Waals surface area contributed by atoms with Gasteiger partial charge in [-0.15, -0.1) is 11.3 Å². The Labute approximate surface area is 190 Å². The number of anilines is 4. The van der Waals surface area contributed by atoms with E-state index in [1.807, 2.05) is 49.4 Å². The summed E-state index contributed by atoms with van der Waals surface area (Å²) >= 11 is 1.53. The summed E-state index contributed by atoms with van der Waals surface area (Å²) in [6.07, 6.45) is 3.65. The summed E-state index contributed by atoms with van der Waals surface area (Å²) in [5.41, 5.74) is 5.88. The maximum Gasteiger partial charge on any atom is 0.255 e. The van der Waals surface area contributed by atoms with E-state index in [1.54, 1.807) is 11.6 Å². The molecule has 0 unspecified atom stereocenters. The van der Waals surface area contributed by atoms with Gasteiger partial charge >= 0.3 is 0 Å². The number of nitrogens with zero attached hydrogens (tertiary/aromatic N) is 4. The van der Waals surface area contributed by atoms with Crippen molar-refractivity contribution in [3.05, 3.63) is 65.3 Å². The number of carbonyl (C=O) groups is 1. The highest BCUT2D eigenvalue weighted by molar-refractivity contribution is 7.16. The summed E-state index contributed by atoms with van der Waals surface area (Å²) in [6.45, 7) is 4.00. The van der Waals surface area contributed by atoms with Crippen molar-refractivity contribution in [2.75, 3.05) is 28.6 Å². The Hall–Kier alpha value is -3.52. The third kappa shape index (κ3) is 4.55. The molecule has 0 saturated carbocycles. The minimum Gasteiger partial charge on any atom is -0.341 e. The Morgan fingerprint density at radius 3 is 2.56 bits per heavy atom. The molecule has 0 spiro atoms. The standard InChI is InChI=1S/C24H24N6OS/c1-16-13-22(29-24(26-16)30-11-3-2-4-12-30)27-18-6-8-19(9-7-18)28-23(31)17-5-10-20-21(14-17)32-15-25-20/h5-10,13-15H,2-4,11-12H2,1H3,(H,28,31)(H,26,27,29). The number of nitrogens with one attached hydrogen (secondary N) is 2. The van der Waals surface area contributed by atoms with E-state index < -0.39 is 0 Å². The number of aromatic nitrogens is 3. The van der Waals surface area contributed by atoms with Crippen LogP contribution >= 0.6 is 11.3 Å². The van der Waals surface area contributed by atoms with Gasteiger partial charge in [-0.05, 0) is 68.7 Å². The summed E-state index contributed by atoms with van der Waals surface area (Å²) in [5, 5.41) is 6.31. The molecule has 3 heterocycles. The fourth-order valence-electron chi connectivity index (χ4n) is 3.84. The maximum atomic E-state index is 12.6. The largest absolute Gasteiger partial charge is 0.341 e. The number of hydrogen-bond acceptors (Lipinski definition) is 7. The number of thiazole rings is 1. The zero-order valence-electron chi connectivity index (χ0n) is 17.8. The van der Waals surface area contributed by atoms with E-state index in [1.165, 1.54) is 30.6 Å². The Kier molecular flexibility index (Phi) is 5.68. The third-order valence-electron chi connectivity index (χ3n) is 5.49. The van der Waals surface area contributed by atoms with Crippen LogP contribution in [-0.2, 0) is 0 Å². The zero-order valence-corrected chi connectivity index (χ0v) is 18.7. The van der Waals surface area contributed by atoms with Crippen molar-refractivity contribution in [2.24, 2.45) is 0 Å². The van der Waals surface area contributed by atoms with Crippen molar-refractivity contribution in [3.8, 4) is 0 Å². The van der Waals surface area contributed by atoms with Gasteiger partial charge in [-0.3, -0.25) is 4.79 Å². The molecule has 0 radical (unpaired) electrons. The van der Waals surface area contributed by atoms with E-state index in [0.717, 1.165) is 52.1 Å².